The van der Waals surface area contributed by atoms with Crippen molar-refractivity contribution in [3.8, 4) is 0 Å². The number of nitrogens with zero attached hydrogens (tertiary/aromatic N) is 2. The fourth-order valence-corrected chi connectivity index (χ4v) is 2.12. The van der Waals surface area contributed by atoms with Gasteiger partial charge in [0.05, 0.1) is 18.2 Å². The summed E-state index contributed by atoms with van der Waals surface area (Å²) in [6, 6.07) is 0.302. The molecule has 2 aliphatic rings. The first-order valence-corrected chi connectivity index (χ1v) is 7.03. The van der Waals surface area contributed by atoms with Crippen LogP contribution < -0.4 is 10.5 Å². The van der Waals surface area contributed by atoms with Crippen LogP contribution in [0, 0.1) is 0 Å². The van der Waals surface area contributed by atoms with E-state index in [1.807, 2.05) is 0 Å². The summed E-state index contributed by atoms with van der Waals surface area (Å²) in [5.41, 5.74) is -1.47. The fraction of sp³-hybridized carbons (Fsp3) is 0.706. The second-order valence-corrected chi connectivity index (χ2v) is 6.18. The summed E-state index contributed by atoms with van der Waals surface area (Å²) in [7, 11) is -1.06. The smallest absolute Gasteiger partial charge is 0.398 e. The highest BCUT2D eigenvalue weighted by Crippen LogP contribution is 2.36. The van der Waals surface area contributed by atoms with Crippen LogP contribution in [0.2, 0.25) is 0 Å². The summed E-state index contributed by atoms with van der Waals surface area (Å²) in [4.78, 5) is 4.29. The molecule has 22 heavy (non-hydrogen) atoms. The highest BCUT2D eigenvalue weighted by Gasteiger charge is 2.52. The number of pyridine rings is 1. The first kappa shape index (κ1) is 6.82. The molecule has 2 aliphatic heterocycles. The van der Waals surface area contributed by atoms with Gasteiger partial charge in [0.15, 0.2) is 0 Å². The van der Waals surface area contributed by atoms with Crippen LogP contribution in [0.3, 0.4) is 0 Å². The van der Waals surface area contributed by atoms with Gasteiger partial charge in [-0.3, -0.25) is 0 Å². The minimum Gasteiger partial charge on any atom is -0.398 e. The van der Waals surface area contributed by atoms with Crippen LogP contribution in [0.5, 0.6) is 0 Å². The van der Waals surface area contributed by atoms with Gasteiger partial charge < -0.3 is 14.2 Å². The van der Waals surface area contributed by atoms with E-state index in [2.05, 4.69) is 4.98 Å². The molecule has 0 bridgehead atoms. The van der Waals surface area contributed by atoms with Crippen LogP contribution in [0.25, 0.3) is 0 Å². The number of hydrogen-bond donors (Lipinski definition) is 0. The quantitative estimate of drug-likeness (QED) is 0.786. The van der Waals surface area contributed by atoms with Gasteiger partial charge in [-0.25, -0.2) is 4.98 Å². The lowest BCUT2D eigenvalue weighted by atomic mass is 9.84. The van der Waals surface area contributed by atoms with E-state index >= 15 is 0 Å². The molecule has 2 saturated heterocycles. The molecule has 1 aromatic rings. The number of anilines is 1. The zero-order chi connectivity index (χ0) is 26.6. The molecule has 2 fully saturated rings. The molecule has 3 heterocycles. The third-order valence-corrected chi connectivity index (χ3v) is 4.11. The number of hydrogen-bond acceptors (Lipinski definition) is 4. The maximum Gasteiger partial charge on any atom is 0.514 e. The van der Waals surface area contributed by atoms with Gasteiger partial charge in [-0.05, 0) is 65.8 Å². The van der Waals surface area contributed by atoms with Crippen molar-refractivity contribution in [2.24, 2.45) is 0 Å². The average Bonchev–Trinajstić information content (AvgIpc) is 2.87. The highest BCUT2D eigenvalue weighted by atomic mass is 16.7. The van der Waals surface area contributed by atoms with Gasteiger partial charge in [-0.2, -0.15) is 0 Å². The molecule has 1 unspecified atom stereocenters. The van der Waals surface area contributed by atoms with Gasteiger partial charge >= 0.3 is 7.12 Å². The molecule has 3 rings (SSSR count). The SMILES string of the molecule is [2H]C([2H])([2H])C1([2H])N(c2cccc(B3OC(C)(C)C(C)(C)O3)n2)C([2H])([2H])C([2H])([2H])C([2H])([2H])C1([2H])[2H]. The minimum atomic E-state index is -3.71. The van der Waals surface area contributed by atoms with Crippen molar-refractivity contribution in [1.29, 1.82) is 0 Å². The van der Waals surface area contributed by atoms with E-state index in [4.69, 9.17) is 25.8 Å². The van der Waals surface area contributed by atoms with Crippen molar-refractivity contribution >= 4 is 18.5 Å². The Bertz CT molecular complexity index is 967. The Hall–Kier alpha value is -1.07. The first-order valence-electron chi connectivity index (χ1n) is 13.0. The van der Waals surface area contributed by atoms with E-state index in [0.717, 1.165) is 6.07 Å². The van der Waals surface area contributed by atoms with Crippen molar-refractivity contribution in [2.75, 3.05) is 11.4 Å². The lowest BCUT2D eigenvalue weighted by molar-refractivity contribution is 0.00578. The summed E-state index contributed by atoms with van der Waals surface area (Å²) < 4.78 is 110. The van der Waals surface area contributed by atoms with Crippen LogP contribution >= 0.6 is 0 Å². The molecule has 0 amide bonds. The Labute approximate surface area is 151 Å². The fourth-order valence-electron chi connectivity index (χ4n) is 2.12. The van der Waals surface area contributed by atoms with E-state index < -0.39 is 62.6 Å². The average molecular weight is 314 g/mol. The molecule has 0 N–H and O–H groups in total. The van der Waals surface area contributed by atoms with Crippen LogP contribution in [0.4, 0.5) is 5.82 Å². The summed E-state index contributed by atoms with van der Waals surface area (Å²) in [5, 5.41) is 0. The highest BCUT2D eigenvalue weighted by molar-refractivity contribution is 6.61. The van der Waals surface area contributed by atoms with Crippen molar-refractivity contribution in [3.05, 3.63) is 18.2 Å². The Morgan fingerprint density at radius 1 is 1.32 bits per heavy atom. The second-order valence-electron chi connectivity index (χ2n) is 6.18. The molecular weight excluding hydrogens is 275 g/mol. The van der Waals surface area contributed by atoms with Gasteiger partial charge in [0, 0.05) is 27.6 Å². The number of rotatable bonds is 2. The molecule has 5 heteroatoms. The minimum absolute atomic E-state index is 0.0644. The second kappa shape index (κ2) is 5.53. The van der Waals surface area contributed by atoms with Crippen LogP contribution in [-0.4, -0.2) is 35.8 Å². The largest absolute Gasteiger partial charge is 0.514 e. The Kier molecular flexibility index (Phi) is 1.72. The van der Waals surface area contributed by atoms with Gasteiger partial charge in [0.2, 0.25) is 0 Å². The molecule has 0 aliphatic carbocycles. The number of piperidine rings is 1. The zero-order valence-corrected chi connectivity index (χ0v) is 13.0. The third kappa shape index (κ3) is 2.76. The monoisotopic (exact) mass is 314 g/mol. The van der Waals surface area contributed by atoms with Crippen molar-refractivity contribution < 1.29 is 25.8 Å². The lowest BCUT2D eigenvalue weighted by Gasteiger charge is -2.34. The first-order chi connectivity index (χ1) is 14.9. The van der Waals surface area contributed by atoms with E-state index in [1.54, 1.807) is 27.7 Å². The van der Waals surface area contributed by atoms with Gasteiger partial charge in [0.1, 0.15) is 5.82 Å². The van der Waals surface area contributed by atoms with Crippen molar-refractivity contribution in [3.63, 3.8) is 0 Å². The standard InChI is InChI=1S/C17H27BN2O2/c1-13-9-6-7-12-20(13)15-11-8-10-14(19-15)18-21-16(2,3)17(4,5)22-18/h8,10-11,13H,6-7,9,12H2,1-5H3/i1D3,6D2,7D2,9D2,12D2,13D. The molecule has 1 atom stereocenters. The normalized spacial score (nSPS) is 48.4. The lowest BCUT2D eigenvalue weighted by Crippen LogP contribution is -2.41. The summed E-state index contributed by atoms with van der Waals surface area (Å²) in [6.45, 7) is 0.0302. The van der Waals surface area contributed by atoms with Gasteiger partial charge in [-0.15, -0.1) is 0 Å². The van der Waals surface area contributed by atoms with Crippen LogP contribution in [-0.2, 0) is 9.31 Å². The number of aromatic nitrogens is 1. The van der Waals surface area contributed by atoms with Crippen molar-refractivity contribution in [2.45, 2.75) is 70.9 Å². The predicted molar refractivity (Wildman–Crippen MR) is 90.6 cm³/mol. The van der Waals surface area contributed by atoms with Crippen molar-refractivity contribution in [1.82, 2.24) is 4.98 Å². The van der Waals surface area contributed by atoms with E-state index in [0.29, 0.717) is 0 Å². The van der Waals surface area contributed by atoms with E-state index in [9.17, 15) is 0 Å². The molecule has 0 saturated carbocycles. The molecule has 120 valence electrons. The molecule has 4 nitrogen and oxygen atoms in total. The zero-order valence-electron chi connectivity index (χ0n) is 25.0. The maximum atomic E-state index is 8.70. The van der Waals surface area contributed by atoms with Gasteiger partial charge in [0.25, 0.3) is 0 Å². The summed E-state index contributed by atoms with van der Waals surface area (Å²) in [5.74, 6) is -0.577. The molecule has 1 aromatic heterocycles. The topological polar surface area (TPSA) is 34.6 Å². The Morgan fingerprint density at radius 2 is 2.05 bits per heavy atom. The maximum absolute atomic E-state index is 8.70. The van der Waals surface area contributed by atoms with E-state index in [-0.39, 0.29) is 10.5 Å². The summed E-state index contributed by atoms with van der Waals surface area (Å²) >= 11 is 0. The third-order valence-electron chi connectivity index (χ3n) is 4.11. The Morgan fingerprint density at radius 3 is 2.73 bits per heavy atom. The van der Waals surface area contributed by atoms with Crippen LogP contribution in [0.15, 0.2) is 18.2 Å². The predicted octanol–water partition coefficient (Wildman–Crippen LogP) is 2.76. The van der Waals surface area contributed by atoms with Gasteiger partial charge in [-0.1, -0.05) is 6.07 Å². The molecule has 0 spiro atoms. The van der Waals surface area contributed by atoms with Crippen LogP contribution in [0.1, 0.15) is 70.1 Å². The Balaban J connectivity index is 2.26. The molecule has 0 radical (unpaired) electrons. The summed E-state index contributed by atoms with van der Waals surface area (Å²) in [6.07, 6.45) is -11.0. The van der Waals surface area contributed by atoms with E-state index in [1.165, 1.54) is 12.1 Å². The molecule has 0 aromatic carbocycles. The molecular formula is C17H27BN2O2.